The number of aliphatic carboxylic acids is 1. The molecule has 0 aliphatic heterocycles. The summed E-state index contributed by atoms with van der Waals surface area (Å²) in [5.74, 6) is 0.288. The number of hydrogen-bond acceptors (Lipinski definition) is 4. The van der Waals surface area contributed by atoms with Crippen LogP contribution in [0.25, 0.3) is 0 Å². The second-order valence-electron chi connectivity index (χ2n) is 3.09. The third-order valence-corrected chi connectivity index (χ3v) is 3.38. The van der Waals surface area contributed by atoms with Gasteiger partial charge in [0, 0.05) is 5.25 Å². The van der Waals surface area contributed by atoms with Crippen LogP contribution >= 0.6 is 23.4 Å². The van der Waals surface area contributed by atoms with Crippen molar-refractivity contribution < 1.29 is 14.3 Å². The van der Waals surface area contributed by atoms with Gasteiger partial charge in [-0.25, -0.2) is 0 Å². The average Bonchev–Trinajstić information content (AvgIpc) is 2.59. The van der Waals surface area contributed by atoms with Crippen LogP contribution in [0.2, 0.25) is 5.22 Å². The lowest BCUT2D eigenvalue weighted by atomic mass is 10.2. The first kappa shape index (κ1) is 12.4. The van der Waals surface area contributed by atoms with Crippen molar-refractivity contribution in [2.45, 2.75) is 24.0 Å². The Kier molecular flexibility index (Phi) is 4.50. The van der Waals surface area contributed by atoms with E-state index in [0.717, 1.165) is 5.76 Å². The molecule has 0 aliphatic rings. The standard InChI is InChI=1S/C9H12ClNO3S/c1-5(8(11)9(12)13)15-4-6-2-3-7(10)14-6/h2-3,5,8H,4,11H2,1H3,(H,12,13). The molecule has 0 fully saturated rings. The van der Waals surface area contributed by atoms with Gasteiger partial charge in [0.25, 0.3) is 0 Å². The average molecular weight is 250 g/mol. The monoisotopic (exact) mass is 249 g/mol. The highest BCUT2D eigenvalue weighted by Crippen LogP contribution is 2.22. The van der Waals surface area contributed by atoms with Gasteiger partial charge >= 0.3 is 5.97 Å². The zero-order valence-corrected chi connectivity index (χ0v) is 9.72. The van der Waals surface area contributed by atoms with E-state index in [4.69, 9.17) is 26.9 Å². The Hall–Kier alpha value is -0.650. The van der Waals surface area contributed by atoms with Crippen molar-refractivity contribution in [1.82, 2.24) is 0 Å². The van der Waals surface area contributed by atoms with Crippen LogP contribution in [0.15, 0.2) is 16.5 Å². The molecule has 15 heavy (non-hydrogen) atoms. The maximum atomic E-state index is 10.6. The van der Waals surface area contributed by atoms with E-state index in [9.17, 15) is 4.79 Å². The van der Waals surface area contributed by atoms with Crippen molar-refractivity contribution >= 4 is 29.3 Å². The fraction of sp³-hybridized carbons (Fsp3) is 0.444. The van der Waals surface area contributed by atoms with Gasteiger partial charge in [0.15, 0.2) is 5.22 Å². The predicted octanol–water partition coefficient (Wildman–Crippen LogP) is 1.97. The van der Waals surface area contributed by atoms with Crippen molar-refractivity contribution in [3.8, 4) is 0 Å². The second kappa shape index (κ2) is 5.44. The number of hydrogen-bond donors (Lipinski definition) is 2. The van der Waals surface area contributed by atoms with Crippen LogP contribution in [0.3, 0.4) is 0 Å². The Morgan fingerprint density at radius 1 is 1.73 bits per heavy atom. The molecule has 1 aromatic rings. The molecule has 0 radical (unpaired) electrons. The van der Waals surface area contributed by atoms with Crippen LogP contribution in [0, 0.1) is 0 Å². The normalized spacial score (nSPS) is 14.9. The van der Waals surface area contributed by atoms with Gasteiger partial charge in [-0.1, -0.05) is 6.92 Å². The topological polar surface area (TPSA) is 76.5 Å². The molecule has 84 valence electrons. The van der Waals surface area contributed by atoms with Gasteiger partial charge in [0.1, 0.15) is 11.8 Å². The molecule has 1 aromatic heterocycles. The molecule has 0 amide bonds. The van der Waals surface area contributed by atoms with Crippen LogP contribution in [0.1, 0.15) is 12.7 Å². The number of halogens is 1. The molecule has 0 saturated carbocycles. The third kappa shape index (κ3) is 3.77. The van der Waals surface area contributed by atoms with Crippen LogP contribution < -0.4 is 5.73 Å². The summed E-state index contributed by atoms with van der Waals surface area (Å²) >= 11 is 7.02. The van der Waals surface area contributed by atoms with Gasteiger partial charge in [-0.2, -0.15) is 0 Å². The van der Waals surface area contributed by atoms with Gasteiger partial charge in [0.2, 0.25) is 0 Å². The van der Waals surface area contributed by atoms with E-state index in [2.05, 4.69) is 0 Å². The summed E-state index contributed by atoms with van der Waals surface area (Å²) in [4.78, 5) is 10.6. The summed E-state index contributed by atoms with van der Waals surface area (Å²) in [6.45, 7) is 1.77. The van der Waals surface area contributed by atoms with Crippen LogP contribution in [-0.2, 0) is 10.5 Å². The van der Waals surface area contributed by atoms with E-state index >= 15 is 0 Å². The molecular formula is C9H12ClNO3S. The Morgan fingerprint density at radius 3 is 2.87 bits per heavy atom. The number of furan rings is 1. The fourth-order valence-corrected chi connectivity index (χ4v) is 2.02. The Labute approximate surface area is 96.8 Å². The molecule has 2 unspecified atom stereocenters. The minimum absolute atomic E-state index is 0.175. The maximum absolute atomic E-state index is 10.6. The van der Waals surface area contributed by atoms with Crippen LogP contribution in [0.4, 0.5) is 0 Å². The lowest BCUT2D eigenvalue weighted by Crippen LogP contribution is -2.38. The molecule has 0 aliphatic carbocycles. The Morgan fingerprint density at radius 2 is 2.40 bits per heavy atom. The van der Waals surface area contributed by atoms with E-state index in [1.807, 2.05) is 0 Å². The lowest BCUT2D eigenvalue weighted by Gasteiger charge is -2.14. The van der Waals surface area contributed by atoms with Gasteiger partial charge in [-0.15, -0.1) is 11.8 Å². The number of carbonyl (C=O) groups is 1. The first-order valence-electron chi connectivity index (χ1n) is 4.35. The molecule has 1 heterocycles. The Balaban J connectivity index is 2.40. The molecule has 0 bridgehead atoms. The minimum atomic E-state index is -0.993. The summed E-state index contributed by atoms with van der Waals surface area (Å²) in [6.07, 6.45) is 0. The number of carboxylic acid groups (broad SMARTS) is 1. The minimum Gasteiger partial charge on any atom is -0.480 e. The summed E-state index contributed by atoms with van der Waals surface area (Å²) in [6, 6.07) is 2.55. The van der Waals surface area contributed by atoms with E-state index in [0.29, 0.717) is 11.0 Å². The third-order valence-electron chi connectivity index (χ3n) is 1.91. The quantitative estimate of drug-likeness (QED) is 0.834. The number of carboxylic acids is 1. The van der Waals surface area contributed by atoms with Crippen molar-refractivity contribution in [3.63, 3.8) is 0 Å². The van der Waals surface area contributed by atoms with E-state index < -0.39 is 12.0 Å². The molecule has 1 rings (SSSR count). The fourth-order valence-electron chi connectivity index (χ4n) is 0.947. The van der Waals surface area contributed by atoms with Crippen molar-refractivity contribution in [1.29, 1.82) is 0 Å². The van der Waals surface area contributed by atoms with Crippen molar-refractivity contribution in [2.75, 3.05) is 0 Å². The van der Waals surface area contributed by atoms with E-state index in [-0.39, 0.29) is 5.25 Å². The highest BCUT2D eigenvalue weighted by molar-refractivity contribution is 7.99. The van der Waals surface area contributed by atoms with Gasteiger partial charge in [0.05, 0.1) is 5.75 Å². The molecule has 3 N–H and O–H groups in total. The largest absolute Gasteiger partial charge is 0.480 e. The van der Waals surface area contributed by atoms with E-state index in [1.54, 1.807) is 19.1 Å². The molecule has 4 nitrogen and oxygen atoms in total. The van der Waals surface area contributed by atoms with Gasteiger partial charge in [-0.3, -0.25) is 4.79 Å². The molecule has 2 atom stereocenters. The zero-order valence-electron chi connectivity index (χ0n) is 8.14. The maximum Gasteiger partial charge on any atom is 0.321 e. The molecule has 0 saturated heterocycles. The van der Waals surface area contributed by atoms with Gasteiger partial charge in [-0.05, 0) is 23.7 Å². The van der Waals surface area contributed by atoms with Crippen LogP contribution in [-0.4, -0.2) is 22.4 Å². The summed E-state index contributed by atoms with van der Waals surface area (Å²) < 4.78 is 5.13. The first-order chi connectivity index (χ1) is 7.00. The molecule has 6 heteroatoms. The first-order valence-corrected chi connectivity index (χ1v) is 5.77. The predicted molar refractivity (Wildman–Crippen MR) is 60.1 cm³/mol. The zero-order chi connectivity index (χ0) is 11.4. The van der Waals surface area contributed by atoms with Gasteiger partial charge < -0.3 is 15.3 Å². The second-order valence-corrected chi connectivity index (χ2v) is 4.82. The van der Waals surface area contributed by atoms with Crippen molar-refractivity contribution in [3.05, 3.63) is 23.1 Å². The highest BCUT2D eigenvalue weighted by atomic mass is 35.5. The SMILES string of the molecule is CC(SCc1ccc(Cl)o1)C(N)C(=O)O. The van der Waals surface area contributed by atoms with E-state index in [1.165, 1.54) is 11.8 Å². The summed E-state index contributed by atoms with van der Waals surface area (Å²) in [5, 5.41) is 8.83. The summed E-state index contributed by atoms with van der Waals surface area (Å²) in [7, 11) is 0. The highest BCUT2D eigenvalue weighted by Gasteiger charge is 2.20. The molecular weight excluding hydrogens is 238 g/mol. The van der Waals surface area contributed by atoms with Crippen LogP contribution in [0.5, 0.6) is 0 Å². The molecule has 0 aromatic carbocycles. The smallest absolute Gasteiger partial charge is 0.321 e. The molecule has 0 spiro atoms. The number of thioether (sulfide) groups is 1. The van der Waals surface area contributed by atoms with Crippen molar-refractivity contribution in [2.24, 2.45) is 5.73 Å². The summed E-state index contributed by atoms with van der Waals surface area (Å²) in [5.41, 5.74) is 5.45. The number of rotatable bonds is 5. The number of nitrogens with two attached hydrogens (primary N) is 1. The lowest BCUT2D eigenvalue weighted by molar-refractivity contribution is -0.138. The Bertz CT molecular complexity index is 342.